The molecule has 1 heterocycles. The normalized spacial score (nSPS) is 10.2. The van der Waals surface area contributed by atoms with Crippen molar-refractivity contribution in [2.45, 2.75) is 19.8 Å². The van der Waals surface area contributed by atoms with Gasteiger partial charge in [-0.1, -0.05) is 6.92 Å². The highest BCUT2D eigenvalue weighted by molar-refractivity contribution is 7.98. The second-order valence-electron chi connectivity index (χ2n) is 3.67. The van der Waals surface area contributed by atoms with Crippen molar-refractivity contribution >= 4 is 23.7 Å². The van der Waals surface area contributed by atoms with Gasteiger partial charge in [-0.3, -0.25) is 0 Å². The van der Waals surface area contributed by atoms with E-state index in [0.717, 1.165) is 31.7 Å². The van der Waals surface area contributed by atoms with E-state index in [2.05, 4.69) is 38.8 Å². The van der Waals surface area contributed by atoms with Gasteiger partial charge in [0.2, 0.25) is 11.9 Å². The highest BCUT2D eigenvalue weighted by Crippen LogP contribution is 2.10. The lowest BCUT2D eigenvalue weighted by Crippen LogP contribution is -2.11. The molecule has 2 N–H and O–H groups in total. The highest BCUT2D eigenvalue weighted by atomic mass is 32.2. The third kappa shape index (κ3) is 5.39. The van der Waals surface area contributed by atoms with Crippen molar-refractivity contribution in [3.63, 3.8) is 0 Å². The molecule has 0 saturated heterocycles. The van der Waals surface area contributed by atoms with Crippen LogP contribution in [0.5, 0.6) is 6.01 Å². The van der Waals surface area contributed by atoms with Crippen molar-refractivity contribution in [2.24, 2.45) is 0 Å². The molecular formula is C11H21N5OS. The van der Waals surface area contributed by atoms with Crippen LogP contribution in [0.25, 0.3) is 0 Å². The zero-order valence-electron chi connectivity index (χ0n) is 11.2. The molecular weight excluding hydrogens is 250 g/mol. The second kappa shape index (κ2) is 8.79. The molecule has 0 aliphatic carbocycles. The zero-order chi connectivity index (χ0) is 13.2. The van der Waals surface area contributed by atoms with Gasteiger partial charge in [0.05, 0.1) is 7.11 Å². The first kappa shape index (κ1) is 14.8. The second-order valence-corrected chi connectivity index (χ2v) is 4.65. The summed E-state index contributed by atoms with van der Waals surface area (Å²) in [4.78, 5) is 12.6. The Labute approximate surface area is 112 Å². The van der Waals surface area contributed by atoms with Crippen molar-refractivity contribution < 1.29 is 4.74 Å². The van der Waals surface area contributed by atoms with Crippen LogP contribution in [0.4, 0.5) is 11.9 Å². The van der Waals surface area contributed by atoms with E-state index in [0.29, 0.717) is 17.9 Å². The lowest BCUT2D eigenvalue weighted by Gasteiger charge is -2.08. The summed E-state index contributed by atoms with van der Waals surface area (Å²) in [6.45, 7) is 3.77. The maximum atomic E-state index is 5.06. The van der Waals surface area contributed by atoms with E-state index in [4.69, 9.17) is 4.74 Å². The molecule has 0 aromatic carbocycles. The van der Waals surface area contributed by atoms with Crippen LogP contribution in [-0.4, -0.2) is 47.2 Å². The van der Waals surface area contributed by atoms with Crippen LogP contribution in [0, 0.1) is 0 Å². The van der Waals surface area contributed by atoms with Crippen LogP contribution in [0.2, 0.25) is 0 Å². The number of methoxy groups -OCH3 is 1. The van der Waals surface area contributed by atoms with Crippen LogP contribution < -0.4 is 15.4 Å². The maximum absolute atomic E-state index is 5.06. The van der Waals surface area contributed by atoms with Gasteiger partial charge in [0.1, 0.15) is 0 Å². The van der Waals surface area contributed by atoms with Crippen LogP contribution in [0.3, 0.4) is 0 Å². The number of rotatable bonds is 9. The molecule has 0 aliphatic heterocycles. The Morgan fingerprint density at radius 2 is 1.78 bits per heavy atom. The molecule has 0 unspecified atom stereocenters. The summed E-state index contributed by atoms with van der Waals surface area (Å²) in [6, 6.07) is 0.330. The van der Waals surface area contributed by atoms with Crippen LogP contribution >= 0.6 is 11.8 Å². The molecule has 0 atom stereocenters. The minimum Gasteiger partial charge on any atom is -0.467 e. The Morgan fingerprint density at radius 1 is 1.11 bits per heavy atom. The number of thioether (sulfide) groups is 1. The molecule has 0 bridgehead atoms. The standard InChI is InChI=1S/C11H21N5OS/c1-4-6-12-9-14-10(13-7-5-8-18-3)16-11(15-9)17-2/h4-8H2,1-3H3,(H2,12,13,14,15,16). The fraction of sp³-hybridized carbons (Fsp3) is 0.727. The van der Waals surface area contributed by atoms with Crippen molar-refractivity contribution in [2.75, 3.05) is 42.8 Å². The minimum absolute atomic E-state index is 0.330. The van der Waals surface area contributed by atoms with Crippen molar-refractivity contribution in [1.82, 2.24) is 15.0 Å². The molecule has 0 aliphatic rings. The number of hydrogen-bond donors (Lipinski definition) is 2. The molecule has 6 nitrogen and oxygen atoms in total. The number of ether oxygens (including phenoxy) is 1. The Kier molecular flexibility index (Phi) is 7.24. The van der Waals surface area contributed by atoms with Gasteiger partial charge in [0.15, 0.2) is 0 Å². The molecule has 0 amide bonds. The average Bonchev–Trinajstić information content (AvgIpc) is 2.41. The molecule has 1 rings (SSSR count). The van der Waals surface area contributed by atoms with Gasteiger partial charge in [-0.25, -0.2) is 0 Å². The number of anilines is 2. The van der Waals surface area contributed by atoms with Crippen LogP contribution in [0.1, 0.15) is 19.8 Å². The highest BCUT2D eigenvalue weighted by Gasteiger charge is 2.05. The van der Waals surface area contributed by atoms with Gasteiger partial charge in [-0.2, -0.15) is 26.7 Å². The molecule has 0 radical (unpaired) electrons. The first-order valence-electron chi connectivity index (χ1n) is 6.07. The van der Waals surface area contributed by atoms with E-state index >= 15 is 0 Å². The number of hydrogen-bond acceptors (Lipinski definition) is 7. The Bertz CT molecular complexity index is 350. The molecule has 0 fully saturated rings. The smallest absolute Gasteiger partial charge is 0.322 e. The fourth-order valence-electron chi connectivity index (χ4n) is 1.26. The van der Waals surface area contributed by atoms with Crippen molar-refractivity contribution in [3.05, 3.63) is 0 Å². The number of aromatic nitrogens is 3. The predicted molar refractivity (Wildman–Crippen MR) is 76.6 cm³/mol. The van der Waals surface area contributed by atoms with Gasteiger partial charge in [-0.15, -0.1) is 0 Å². The van der Waals surface area contributed by atoms with E-state index in [1.165, 1.54) is 0 Å². The zero-order valence-corrected chi connectivity index (χ0v) is 12.0. The topological polar surface area (TPSA) is 72.0 Å². The SMILES string of the molecule is CCCNc1nc(NCCCSC)nc(OC)n1. The molecule has 102 valence electrons. The summed E-state index contributed by atoms with van der Waals surface area (Å²) in [6.07, 6.45) is 4.19. The van der Waals surface area contributed by atoms with Gasteiger partial charge in [0, 0.05) is 13.1 Å². The van der Waals surface area contributed by atoms with Gasteiger partial charge in [-0.05, 0) is 24.9 Å². The van der Waals surface area contributed by atoms with Crippen LogP contribution in [0.15, 0.2) is 0 Å². The van der Waals surface area contributed by atoms with E-state index in [1.807, 2.05) is 11.8 Å². The summed E-state index contributed by atoms with van der Waals surface area (Å²) in [5, 5.41) is 6.30. The lowest BCUT2D eigenvalue weighted by molar-refractivity contribution is 0.379. The summed E-state index contributed by atoms with van der Waals surface area (Å²) in [5.74, 6) is 2.23. The lowest BCUT2D eigenvalue weighted by atomic mass is 10.5. The first-order chi connectivity index (χ1) is 8.80. The summed E-state index contributed by atoms with van der Waals surface area (Å²) in [7, 11) is 1.55. The summed E-state index contributed by atoms with van der Waals surface area (Å²) in [5.41, 5.74) is 0. The van der Waals surface area contributed by atoms with Gasteiger partial charge >= 0.3 is 6.01 Å². The Morgan fingerprint density at radius 3 is 2.33 bits per heavy atom. The number of nitrogens with one attached hydrogen (secondary N) is 2. The summed E-state index contributed by atoms with van der Waals surface area (Å²) < 4.78 is 5.06. The molecule has 18 heavy (non-hydrogen) atoms. The number of nitrogens with zero attached hydrogens (tertiary/aromatic N) is 3. The van der Waals surface area contributed by atoms with Crippen molar-refractivity contribution in [1.29, 1.82) is 0 Å². The first-order valence-corrected chi connectivity index (χ1v) is 7.46. The maximum Gasteiger partial charge on any atom is 0.322 e. The van der Waals surface area contributed by atoms with E-state index < -0.39 is 0 Å². The van der Waals surface area contributed by atoms with E-state index in [9.17, 15) is 0 Å². The van der Waals surface area contributed by atoms with Crippen LogP contribution in [-0.2, 0) is 0 Å². The Hall–Kier alpha value is -1.24. The largest absolute Gasteiger partial charge is 0.467 e. The van der Waals surface area contributed by atoms with Gasteiger partial charge < -0.3 is 15.4 Å². The molecule has 0 spiro atoms. The predicted octanol–water partition coefficient (Wildman–Crippen LogP) is 1.87. The third-order valence-electron chi connectivity index (χ3n) is 2.14. The minimum atomic E-state index is 0.330. The molecule has 1 aromatic rings. The molecule has 0 saturated carbocycles. The van der Waals surface area contributed by atoms with Crippen molar-refractivity contribution in [3.8, 4) is 6.01 Å². The van der Waals surface area contributed by atoms with E-state index in [1.54, 1.807) is 7.11 Å². The monoisotopic (exact) mass is 271 g/mol. The molecule has 7 heteroatoms. The molecule has 1 aromatic heterocycles. The van der Waals surface area contributed by atoms with Gasteiger partial charge in [0.25, 0.3) is 0 Å². The quantitative estimate of drug-likeness (QED) is 0.664. The Balaban J connectivity index is 2.58. The van der Waals surface area contributed by atoms with E-state index in [-0.39, 0.29) is 0 Å². The summed E-state index contributed by atoms with van der Waals surface area (Å²) >= 11 is 1.83. The fourth-order valence-corrected chi connectivity index (χ4v) is 1.69. The average molecular weight is 271 g/mol. The third-order valence-corrected chi connectivity index (χ3v) is 2.84.